The molecule has 0 spiro atoms. The number of methoxy groups -OCH3 is 2. The predicted molar refractivity (Wildman–Crippen MR) is 83.3 cm³/mol. The van der Waals surface area contributed by atoms with Gasteiger partial charge in [-0.15, -0.1) is 0 Å². The summed E-state index contributed by atoms with van der Waals surface area (Å²) in [4.78, 5) is 0. The van der Waals surface area contributed by atoms with E-state index in [9.17, 15) is 5.11 Å². The molecule has 120 valence electrons. The highest BCUT2D eigenvalue weighted by molar-refractivity contribution is 5.53. The summed E-state index contributed by atoms with van der Waals surface area (Å²) >= 11 is 0. The molecule has 1 rings (SSSR count). The van der Waals surface area contributed by atoms with Crippen LogP contribution in [0.3, 0.4) is 0 Å². The van der Waals surface area contributed by atoms with Crippen molar-refractivity contribution in [1.29, 1.82) is 0 Å². The molecule has 0 saturated carbocycles. The minimum atomic E-state index is -0.549. The van der Waals surface area contributed by atoms with Crippen LogP contribution in [0.5, 0.6) is 17.2 Å². The Balaban J connectivity index is 2.89. The van der Waals surface area contributed by atoms with Gasteiger partial charge in [0.1, 0.15) is 6.61 Å². The molecular weight excluding hydrogens is 270 g/mol. The second-order valence-electron chi connectivity index (χ2n) is 5.51. The Kier molecular flexibility index (Phi) is 7.32. The average Bonchev–Trinajstić information content (AvgIpc) is 2.44. The minimum Gasteiger partial charge on any atom is -0.493 e. The molecule has 0 heterocycles. The SMILES string of the molecule is COc1cc(CNCC(C)C)cc(OC)c1OCC(C)O. The van der Waals surface area contributed by atoms with Crippen molar-refractivity contribution in [2.45, 2.75) is 33.4 Å². The van der Waals surface area contributed by atoms with E-state index in [-0.39, 0.29) is 6.61 Å². The number of ether oxygens (including phenoxy) is 3. The van der Waals surface area contributed by atoms with Gasteiger partial charge < -0.3 is 24.6 Å². The molecule has 0 amide bonds. The first-order valence-electron chi connectivity index (χ1n) is 7.24. The van der Waals surface area contributed by atoms with E-state index in [1.165, 1.54) is 0 Å². The highest BCUT2D eigenvalue weighted by Crippen LogP contribution is 2.38. The molecule has 0 bridgehead atoms. The molecule has 1 atom stereocenters. The summed E-state index contributed by atoms with van der Waals surface area (Å²) in [5.74, 6) is 2.34. The van der Waals surface area contributed by atoms with E-state index in [1.807, 2.05) is 12.1 Å². The molecular formula is C16H27NO4. The molecule has 0 fully saturated rings. The smallest absolute Gasteiger partial charge is 0.203 e. The van der Waals surface area contributed by atoms with Crippen LogP contribution in [-0.2, 0) is 6.54 Å². The lowest BCUT2D eigenvalue weighted by Crippen LogP contribution is -2.19. The van der Waals surface area contributed by atoms with Crippen LogP contribution in [0.25, 0.3) is 0 Å². The third kappa shape index (κ3) is 5.81. The molecule has 1 aromatic carbocycles. The quantitative estimate of drug-likeness (QED) is 0.732. The van der Waals surface area contributed by atoms with Crippen LogP contribution >= 0.6 is 0 Å². The van der Waals surface area contributed by atoms with Crippen LogP contribution in [0.15, 0.2) is 12.1 Å². The standard InChI is InChI=1S/C16H27NO4/c1-11(2)8-17-9-13-6-14(19-4)16(15(7-13)20-5)21-10-12(3)18/h6-7,11-12,17-18H,8-10H2,1-5H3. The third-order valence-corrected chi connectivity index (χ3v) is 2.87. The summed E-state index contributed by atoms with van der Waals surface area (Å²) in [7, 11) is 3.19. The summed E-state index contributed by atoms with van der Waals surface area (Å²) in [6.45, 7) is 7.88. The van der Waals surface area contributed by atoms with Gasteiger partial charge in [0.25, 0.3) is 0 Å². The zero-order valence-corrected chi connectivity index (χ0v) is 13.6. The molecule has 1 unspecified atom stereocenters. The Hall–Kier alpha value is -1.46. The predicted octanol–water partition coefficient (Wildman–Crippen LogP) is 2.21. The monoisotopic (exact) mass is 297 g/mol. The average molecular weight is 297 g/mol. The summed E-state index contributed by atoms with van der Waals surface area (Å²) in [5.41, 5.74) is 1.06. The number of aliphatic hydroxyl groups is 1. The van der Waals surface area contributed by atoms with Gasteiger partial charge in [0.15, 0.2) is 11.5 Å². The van der Waals surface area contributed by atoms with E-state index in [0.717, 1.165) is 18.7 Å². The fourth-order valence-corrected chi connectivity index (χ4v) is 1.89. The first-order valence-corrected chi connectivity index (χ1v) is 7.24. The van der Waals surface area contributed by atoms with Crippen LogP contribution < -0.4 is 19.5 Å². The third-order valence-electron chi connectivity index (χ3n) is 2.87. The fraction of sp³-hybridized carbons (Fsp3) is 0.625. The van der Waals surface area contributed by atoms with Crippen molar-refractivity contribution >= 4 is 0 Å². The second kappa shape index (κ2) is 8.74. The highest BCUT2D eigenvalue weighted by Gasteiger charge is 2.15. The topological polar surface area (TPSA) is 60.0 Å². The van der Waals surface area contributed by atoms with E-state index in [4.69, 9.17) is 14.2 Å². The lowest BCUT2D eigenvalue weighted by atomic mass is 10.1. The van der Waals surface area contributed by atoms with Crippen molar-refractivity contribution in [2.75, 3.05) is 27.4 Å². The van der Waals surface area contributed by atoms with Crippen molar-refractivity contribution in [1.82, 2.24) is 5.32 Å². The Morgan fingerprint density at radius 1 is 1.10 bits per heavy atom. The van der Waals surface area contributed by atoms with Gasteiger partial charge >= 0.3 is 0 Å². The molecule has 21 heavy (non-hydrogen) atoms. The van der Waals surface area contributed by atoms with Crippen molar-refractivity contribution in [3.8, 4) is 17.2 Å². The summed E-state index contributed by atoms with van der Waals surface area (Å²) in [6, 6.07) is 3.85. The largest absolute Gasteiger partial charge is 0.493 e. The minimum absolute atomic E-state index is 0.192. The van der Waals surface area contributed by atoms with E-state index in [1.54, 1.807) is 21.1 Å². The number of benzene rings is 1. The number of hydrogen-bond acceptors (Lipinski definition) is 5. The molecule has 5 heteroatoms. The van der Waals surface area contributed by atoms with Crippen molar-refractivity contribution in [2.24, 2.45) is 5.92 Å². The Morgan fingerprint density at radius 2 is 1.67 bits per heavy atom. The van der Waals surface area contributed by atoms with Crippen molar-refractivity contribution < 1.29 is 19.3 Å². The molecule has 0 aliphatic rings. The maximum Gasteiger partial charge on any atom is 0.203 e. The molecule has 1 aromatic rings. The molecule has 5 nitrogen and oxygen atoms in total. The zero-order valence-electron chi connectivity index (χ0n) is 13.6. The molecule has 0 saturated heterocycles. The number of nitrogens with one attached hydrogen (secondary N) is 1. The molecule has 0 aliphatic carbocycles. The first kappa shape index (κ1) is 17.6. The van der Waals surface area contributed by atoms with Crippen LogP contribution in [0.2, 0.25) is 0 Å². The highest BCUT2D eigenvalue weighted by atomic mass is 16.5. The van der Waals surface area contributed by atoms with Gasteiger partial charge in [-0.3, -0.25) is 0 Å². The Bertz CT molecular complexity index is 407. The maximum absolute atomic E-state index is 9.35. The van der Waals surface area contributed by atoms with Gasteiger partial charge in [0.2, 0.25) is 5.75 Å². The molecule has 2 N–H and O–H groups in total. The molecule has 0 radical (unpaired) electrons. The Morgan fingerprint density at radius 3 is 2.10 bits per heavy atom. The van der Waals surface area contributed by atoms with E-state index in [0.29, 0.717) is 23.2 Å². The van der Waals surface area contributed by atoms with Gasteiger partial charge in [-0.05, 0) is 37.1 Å². The summed E-state index contributed by atoms with van der Waals surface area (Å²) < 4.78 is 16.3. The molecule has 0 aliphatic heterocycles. The van der Waals surface area contributed by atoms with Crippen molar-refractivity contribution in [3.05, 3.63) is 17.7 Å². The summed E-state index contributed by atoms with van der Waals surface area (Å²) in [5, 5.41) is 12.7. The van der Waals surface area contributed by atoms with Gasteiger partial charge in [-0.1, -0.05) is 13.8 Å². The van der Waals surface area contributed by atoms with E-state index >= 15 is 0 Å². The van der Waals surface area contributed by atoms with Crippen LogP contribution in [0.4, 0.5) is 0 Å². The van der Waals surface area contributed by atoms with E-state index < -0.39 is 6.10 Å². The number of hydrogen-bond donors (Lipinski definition) is 2. The second-order valence-corrected chi connectivity index (χ2v) is 5.51. The molecule has 0 aromatic heterocycles. The van der Waals surface area contributed by atoms with Crippen LogP contribution in [0, 0.1) is 5.92 Å². The van der Waals surface area contributed by atoms with Gasteiger partial charge in [0, 0.05) is 6.54 Å². The van der Waals surface area contributed by atoms with Crippen molar-refractivity contribution in [3.63, 3.8) is 0 Å². The van der Waals surface area contributed by atoms with Gasteiger partial charge in [0.05, 0.1) is 20.3 Å². The van der Waals surface area contributed by atoms with Crippen LogP contribution in [-0.4, -0.2) is 38.6 Å². The maximum atomic E-state index is 9.35. The summed E-state index contributed by atoms with van der Waals surface area (Å²) in [6.07, 6.45) is -0.549. The van der Waals surface area contributed by atoms with Crippen LogP contribution in [0.1, 0.15) is 26.3 Å². The Labute approximate surface area is 127 Å². The van der Waals surface area contributed by atoms with E-state index in [2.05, 4.69) is 19.2 Å². The number of rotatable bonds is 9. The normalized spacial score (nSPS) is 12.3. The lowest BCUT2D eigenvalue weighted by Gasteiger charge is -2.17. The first-order chi connectivity index (χ1) is 9.97. The fourth-order valence-electron chi connectivity index (χ4n) is 1.89. The lowest BCUT2D eigenvalue weighted by molar-refractivity contribution is 0.118. The van der Waals surface area contributed by atoms with Gasteiger partial charge in [-0.2, -0.15) is 0 Å². The number of aliphatic hydroxyl groups excluding tert-OH is 1. The van der Waals surface area contributed by atoms with Gasteiger partial charge in [-0.25, -0.2) is 0 Å². The zero-order chi connectivity index (χ0) is 15.8.